The van der Waals surface area contributed by atoms with Crippen LogP contribution in [0.5, 0.6) is 0 Å². The van der Waals surface area contributed by atoms with Gasteiger partial charge in [-0.05, 0) is 60.7 Å². The van der Waals surface area contributed by atoms with Gasteiger partial charge in [0.1, 0.15) is 0 Å². The van der Waals surface area contributed by atoms with Gasteiger partial charge in [-0.25, -0.2) is 4.21 Å². The number of benzene rings is 3. The maximum atomic E-state index is 13.7. The molecule has 3 aromatic rings. The highest BCUT2D eigenvalue weighted by atomic mass is 32.2. The smallest absolute Gasteiger partial charge is 0.259 e. The van der Waals surface area contributed by atoms with Crippen LogP contribution in [0.15, 0.2) is 82.6 Å². The van der Waals surface area contributed by atoms with Crippen LogP contribution in [0.3, 0.4) is 0 Å². The molecule has 0 fully saturated rings. The summed E-state index contributed by atoms with van der Waals surface area (Å²) in [5, 5.41) is 3.04. The lowest BCUT2D eigenvalue weighted by Crippen LogP contribution is -2.34. The largest absolute Gasteiger partial charge is 0.352 e. The molecule has 0 spiro atoms. The van der Waals surface area contributed by atoms with E-state index < -0.39 is 10.8 Å². The van der Waals surface area contributed by atoms with Gasteiger partial charge in [-0.15, -0.1) is 0 Å². The average Bonchev–Trinajstić information content (AvgIpc) is 3.00. The molecule has 0 saturated heterocycles. The van der Waals surface area contributed by atoms with Crippen LogP contribution in [-0.4, -0.2) is 47.1 Å². The fraction of sp³-hybridized carbons (Fsp3) is 0.375. The molecule has 7 heteroatoms. The highest BCUT2D eigenvalue weighted by Crippen LogP contribution is 2.36. The maximum absolute atomic E-state index is 13.7. The van der Waals surface area contributed by atoms with Crippen LogP contribution in [0.1, 0.15) is 60.4 Å². The Balaban J connectivity index is 1.55. The highest BCUT2D eigenvalue weighted by molar-refractivity contribution is 7.85. The van der Waals surface area contributed by atoms with Gasteiger partial charge < -0.3 is 15.1 Å². The van der Waals surface area contributed by atoms with Gasteiger partial charge in [0.05, 0.1) is 38.4 Å². The van der Waals surface area contributed by atoms with Crippen molar-refractivity contribution in [1.82, 2.24) is 10.2 Å². The van der Waals surface area contributed by atoms with E-state index in [4.69, 9.17) is 0 Å². The van der Waals surface area contributed by atoms with Gasteiger partial charge >= 0.3 is 0 Å². The monoisotopic (exact) mass is 545 g/mol. The van der Waals surface area contributed by atoms with Crippen molar-refractivity contribution in [1.29, 1.82) is 0 Å². The third-order valence-electron chi connectivity index (χ3n) is 6.64. The van der Waals surface area contributed by atoms with E-state index in [1.165, 1.54) is 0 Å². The maximum Gasteiger partial charge on any atom is 0.259 e. The van der Waals surface area contributed by atoms with Crippen molar-refractivity contribution < 1.29 is 13.8 Å². The van der Waals surface area contributed by atoms with Crippen LogP contribution in [0.2, 0.25) is 0 Å². The Morgan fingerprint density at radius 2 is 1.56 bits per heavy atom. The van der Waals surface area contributed by atoms with Gasteiger partial charge in [-0.3, -0.25) is 9.59 Å². The lowest BCUT2D eigenvalue weighted by molar-refractivity contribution is 0.0947. The molecular weight excluding hydrogens is 506 g/mol. The molecule has 4 rings (SSSR count). The van der Waals surface area contributed by atoms with E-state index in [0.717, 1.165) is 31.6 Å². The van der Waals surface area contributed by atoms with Crippen LogP contribution in [0.25, 0.3) is 0 Å². The molecule has 0 bridgehead atoms. The number of rotatable bonds is 11. The number of carbonyl (C=O) groups excluding carboxylic acids is 2. The number of anilines is 1. The van der Waals surface area contributed by atoms with Crippen molar-refractivity contribution in [2.24, 2.45) is 11.8 Å². The van der Waals surface area contributed by atoms with Crippen LogP contribution in [0.4, 0.5) is 5.69 Å². The molecule has 1 heterocycles. The summed E-state index contributed by atoms with van der Waals surface area (Å²) in [4.78, 5) is 32.0. The predicted molar refractivity (Wildman–Crippen MR) is 158 cm³/mol. The third-order valence-corrected chi connectivity index (χ3v) is 8.14. The molecule has 0 aliphatic carbocycles. The molecule has 1 aliphatic heterocycles. The summed E-state index contributed by atoms with van der Waals surface area (Å²) in [7, 11) is -1.55. The number of nitrogens with one attached hydrogen (secondary N) is 1. The van der Waals surface area contributed by atoms with Crippen molar-refractivity contribution in [2.45, 2.75) is 50.5 Å². The summed E-state index contributed by atoms with van der Waals surface area (Å²) in [6.45, 7) is 12.8. The van der Waals surface area contributed by atoms with E-state index in [1.807, 2.05) is 30.3 Å². The van der Waals surface area contributed by atoms with Gasteiger partial charge in [-0.1, -0.05) is 70.2 Å². The zero-order valence-electron chi connectivity index (χ0n) is 23.4. The predicted octanol–water partition coefficient (Wildman–Crippen LogP) is 5.75. The van der Waals surface area contributed by atoms with Crippen molar-refractivity contribution >= 4 is 28.3 Å². The summed E-state index contributed by atoms with van der Waals surface area (Å²) >= 11 is 0. The summed E-state index contributed by atoms with van der Waals surface area (Å²) < 4.78 is 13.6. The molecule has 1 N–H and O–H groups in total. The van der Waals surface area contributed by atoms with E-state index in [2.05, 4.69) is 37.9 Å². The molecule has 0 unspecified atom stereocenters. The topological polar surface area (TPSA) is 69.7 Å². The van der Waals surface area contributed by atoms with E-state index in [0.29, 0.717) is 51.5 Å². The Morgan fingerprint density at radius 1 is 0.897 bits per heavy atom. The minimum Gasteiger partial charge on any atom is -0.352 e. The standard InChI is InChI=1S/C32H39N3O3S/c1-23(2)20-34(21-24(3)4)18-10-17-33-31(36)26-15-16-30-28(19-26)35(22-25-11-6-5-7-12-25)32(37)27-13-8-9-14-29(27)39(30)38/h5-9,11-16,19,23-24H,10,17-18,20-22H2,1-4H3,(H,33,36)/t39-/m0/s1. The zero-order chi connectivity index (χ0) is 27.9. The molecule has 39 heavy (non-hydrogen) atoms. The van der Waals surface area contributed by atoms with E-state index in [-0.39, 0.29) is 11.8 Å². The van der Waals surface area contributed by atoms with Gasteiger partial charge in [0.25, 0.3) is 11.8 Å². The fourth-order valence-electron chi connectivity index (χ4n) is 5.02. The fourth-order valence-corrected chi connectivity index (χ4v) is 6.37. The Hall–Kier alpha value is -3.29. The highest BCUT2D eigenvalue weighted by Gasteiger charge is 2.31. The lowest BCUT2D eigenvalue weighted by atomic mass is 10.1. The Morgan fingerprint density at radius 3 is 2.26 bits per heavy atom. The van der Waals surface area contributed by atoms with Gasteiger partial charge in [0.2, 0.25) is 0 Å². The SMILES string of the molecule is CC(C)CN(CCCNC(=O)c1ccc2c(c1)N(Cc1ccccc1)C(=O)c1ccccc1[S@@]2=O)CC(C)C. The Kier molecular flexibility index (Phi) is 9.70. The number of hydrogen-bond donors (Lipinski definition) is 1. The first-order valence-electron chi connectivity index (χ1n) is 13.8. The minimum absolute atomic E-state index is 0.197. The molecule has 206 valence electrons. The third kappa shape index (κ3) is 7.22. The minimum atomic E-state index is -1.55. The lowest BCUT2D eigenvalue weighted by Gasteiger charge is -2.26. The van der Waals surface area contributed by atoms with Crippen LogP contribution < -0.4 is 10.2 Å². The van der Waals surface area contributed by atoms with Gasteiger partial charge in [-0.2, -0.15) is 0 Å². The first-order valence-corrected chi connectivity index (χ1v) is 14.9. The second-order valence-corrected chi connectivity index (χ2v) is 12.4. The van der Waals surface area contributed by atoms with Crippen LogP contribution >= 0.6 is 0 Å². The van der Waals surface area contributed by atoms with Gasteiger partial charge in [0, 0.05) is 25.2 Å². The Labute approximate surface area is 234 Å². The van der Waals surface area contributed by atoms with Gasteiger partial charge in [0.15, 0.2) is 0 Å². The first kappa shape index (κ1) is 28.7. The van der Waals surface area contributed by atoms with E-state index in [1.54, 1.807) is 47.4 Å². The summed E-state index contributed by atoms with van der Waals surface area (Å²) in [6, 6.07) is 21.9. The molecule has 0 saturated carbocycles. The Bertz CT molecular complexity index is 1310. The second-order valence-electron chi connectivity index (χ2n) is 11.0. The number of fused-ring (bicyclic) bond motifs is 2. The van der Waals surface area contributed by atoms with Crippen molar-refractivity contribution in [3.8, 4) is 0 Å². The normalized spacial score (nSPS) is 14.9. The van der Waals surface area contributed by atoms with Crippen molar-refractivity contribution in [3.05, 3.63) is 89.5 Å². The second kappa shape index (κ2) is 13.2. The quantitative estimate of drug-likeness (QED) is 0.312. The van der Waals surface area contributed by atoms with E-state index in [9.17, 15) is 13.8 Å². The molecule has 3 aromatic carbocycles. The molecular formula is C32H39N3O3S. The molecule has 6 nitrogen and oxygen atoms in total. The summed E-state index contributed by atoms with van der Waals surface area (Å²) in [5.74, 6) is 0.763. The van der Waals surface area contributed by atoms with Crippen LogP contribution in [0, 0.1) is 11.8 Å². The number of nitrogens with zero attached hydrogens (tertiary/aromatic N) is 2. The zero-order valence-corrected chi connectivity index (χ0v) is 24.2. The van der Waals surface area contributed by atoms with Crippen LogP contribution in [-0.2, 0) is 17.3 Å². The van der Waals surface area contributed by atoms with Crippen molar-refractivity contribution in [2.75, 3.05) is 31.1 Å². The van der Waals surface area contributed by atoms with Crippen molar-refractivity contribution in [3.63, 3.8) is 0 Å². The first-order chi connectivity index (χ1) is 18.7. The molecule has 1 atom stereocenters. The molecule has 2 amide bonds. The van der Waals surface area contributed by atoms with E-state index >= 15 is 0 Å². The molecule has 1 aliphatic rings. The summed E-state index contributed by atoms with van der Waals surface area (Å²) in [5.41, 5.74) is 2.32. The summed E-state index contributed by atoms with van der Waals surface area (Å²) in [6.07, 6.45) is 0.855. The number of carbonyl (C=O) groups is 2. The average molecular weight is 546 g/mol. The molecule has 0 radical (unpaired) electrons. The molecule has 0 aromatic heterocycles. The number of hydrogen-bond acceptors (Lipinski definition) is 4. The number of amides is 2.